The van der Waals surface area contributed by atoms with E-state index in [1.807, 2.05) is 54.6 Å². The van der Waals surface area contributed by atoms with Gasteiger partial charge in [-0.1, -0.05) is 48.5 Å². The van der Waals surface area contributed by atoms with Crippen LogP contribution in [0.15, 0.2) is 54.6 Å². The summed E-state index contributed by atoms with van der Waals surface area (Å²) in [5, 5.41) is 12.5. The average molecular weight is 266 g/mol. The lowest BCUT2D eigenvalue weighted by Crippen LogP contribution is -2.11. The Balaban J connectivity index is 2.23. The first kappa shape index (κ1) is 14.1. The van der Waals surface area contributed by atoms with E-state index in [9.17, 15) is 0 Å². The first-order chi connectivity index (χ1) is 9.85. The number of nitrogens with one attached hydrogen (secondary N) is 1. The molecule has 2 aromatic carbocycles. The first-order valence-corrected chi connectivity index (χ1v) is 6.60. The van der Waals surface area contributed by atoms with E-state index in [-0.39, 0.29) is 6.04 Å². The second-order valence-electron chi connectivity index (χ2n) is 4.56. The lowest BCUT2D eigenvalue weighted by molar-refractivity contribution is 0.185. The predicted octanol–water partition coefficient (Wildman–Crippen LogP) is 3.90. The highest BCUT2D eigenvalue weighted by Gasteiger charge is 2.12. The number of hydrogen-bond acceptors (Lipinski definition) is 3. The van der Waals surface area contributed by atoms with Crippen molar-refractivity contribution in [1.29, 1.82) is 5.26 Å². The van der Waals surface area contributed by atoms with Crippen molar-refractivity contribution in [2.75, 3.05) is 12.4 Å². The average Bonchev–Trinajstić information content (AvgIpc) is 2.50. The Morgan fingerprint density at radius 3 is 2.50 bits per heavy atom. The van der Waals surface area contributed by atoms with Crippen molar-refractivity contribution < 1.29 is 4.74 Å². The number of methoxy groups -OCH3 is 1. The number of hydrogen-bond donors (Lipinski definition) is 1. The molecule has 0 radical (unpaired) electrons. The number of nitrogens with zero attached hydrogens (tertiary/aromatic N) is 1. The standard InChI is InChI=1S/C17H18N2O/c1-20-13-15-9-5-6-10-16(15)19-17(11-12-18)14-7-3-2-4-8-14/h2-10,17,19H,11,13H2,1H3. The van der Waals surface area contributed by atoms with E-state index in [2.05, 4.69) is 11.4 Å². The highest BCUT2D eigenvalue weighted by atomic mass is 16.5. The van der Waals surface area contributed by atoms with Gasteiger partial charge in [-0.2, -0.15) is 5.26 Å². The molecule has 0 spiro atoms. The van der Waals surface area contributed by atoms with Gasteiger partial charge in [-0.3, -0.25) is 0 Å². The van der Waals surface area contributed by atoms with Gasteiger partial charge in [0.1, 0.15) is 0 Å². The van der Waals surface area contributed by atoms with Crippen molar-refractivity contribution in [3.05, 3.63) is 65.7 Å². The molecule has 1 atom stereocenters. The molecule has 3 nitrogen and oxygen atoms in total. The van der Waals surface area contributed by atoms with Crippen molar-refractivity contribution in [2.45, 2.75) is 19.1 Å². The van der Waals surface area contributed by atoms with Gasteiger partial charge < -0.3 is 10.1 Å². The monoisotopic (exact) mass is 266 g/mol. The van der Waals surface area contributed by atoms with E-state index in [0.717, 1.165) is 16.8 Å². The molecule has 0 aliphatic heterocycles. The third kappa shape index (κ3) is 3.59. The van der Waals surface area contributed by atoms with Crippen LogP contribution in [0.5, 0.6) is 0 Å². The Labute approximate surface area is 119 Å². The van der Waals surface area contributed by atoms with Crippen molar-refractivity contribution in [1.82, 2.24) is 0 Å². The molecule has 0 aliphatic rings. The second-order valence-corrected chi connectivity index (χ2v) is 4.56. The molecule has 1 N–H and O–H groups in total. The zero-order valence-electron chi connectivity index (χ0n) is 11.5. The zero-order chi connectivity index (χ0) is 14.2. The Morgan fingerprint density at radius 2 is 1.80 bits per heavy atom. The first-order valence-electron chi connectivity index (χ1n) is 6.60. The zero-order valence-corrected chi connectivity index (χ0v) is 11.5. The Morgan fingerprint density at radius 1 is 1.10 bits per heavy atom. The van der Waals surface area contributed by atoms with Crippen LogP contribution in [0.1, 0.15) is 23.6 Å². The van der Waals surface area contributed by atoms with E-state index in [1.165, 1.54) is 0 Å². The fraction of sp³-hybridized carbons (Fsp3) is 0.235. The highest BCUT2D eigenvalue weighted by molar-refractivity contribution is 5.52. The minimum atomic E-state index is -0.0146. The second kappa shape index (κ2) is 7.32. The summed E-state index contributed by atoms with van der Waals surface area (Å²) in [6.45, 7) is 0.553. The summed E-state index contributed by atoms with van der Waals surface area (Å²) in [5.41, 5.74) is 3.22. The molecular formula is C17H18N2O. The molecule has 3 heteroatoms. The van der Waals surface area contributed by atoms with Crippen molar-refractivity contribution in [3.63, 3.8) is 0 Å². The van der Waals surface area contributed by atoms with Crippen molar-refractivity contribution in [3.8, 4) is 6.07 Å². The fourth-order valence-electron chi connectivity index (χ4n) is 2.16. The van der Waals surface area contributed by atoms with Crippen LogP contribution in [0.3, 0.4) is 0 Å². The van der Waals surface area contributed by atoms with Gasteiger partial charge >= 0.3 is 0 Å². The quantitative estimate of drug-likeness (QED) is 0.862. The molecule has 0 saturated heterocycles. The molecule has 20 heavy (non-hydrogen) atoms. The van der Waals surface area contributed by atoms with Gasteiger partial charge in [0.05, 0.1) is 25.1 Å². The summed E-state index contributed by atoms with van der Waals surface area (Å²) in [5.74, 6) is 0. The minimum Gasteiger partial charge on any atom is -0.380 e. The molecule has 0 aromatic heterocycles. The van der Waals surface area contributed by atoms with E-state index in [0.29, 0.717) is 13.0 Å². The number of ether oxygens (including phenoxy) is 1. The maximum Gasteiger partial charge on any atom is 0.0733 e. The molecule has 102 valence electrons. The molecular weight excluding hydrogens is 248 g/mol. The van der Waals surface area contributed by atoms with Crippen LogP contribution in [-0.2, 0) is 11.3 Å². The number of nitriles is 1. The van der Waals surface area contributed by atoms with Gasteiger partial charge in [-0.15, -0.1) is 0 Å². The van der Waals surface area contributed by atoms with E-state index < -0.39 is 0 Å². The van der Waals surface area contributed by atoms with Gasteiger partial charge in [0, 0.05) is 18.4 Å². The maximum atomic E-state index is 9.03. The summed E-state index contributed by atoms with van der Waals surface area (Å²) in [7, 11) is 1.68. The topological polar surface area (TPSA) is 45.0 Å². The summed E-state index contributed by atoms with van der Waals surface area (Å²) >= 11 is 0. The SMILES string of the molecule is COCc1ccccc1NC(CC#N)c1ccccc1. The van der Waals surface area contributed by atoms with Gasteiger partial charge in [0.2, 0.25) is 0 Å². The van der Waals surface area contributed by atoms with E-state index >= 15 is 0 Å². The van der Waals surface area contributed by atoms with Gasteiger partial charge in [-0.05, 0) is 11.6 Å². The van der Waals surface area contributed by atoms with Crippen LogP contribution in [0.2, 0.25) is 0 Å². The van der Waals surface area contributed by atoms with Crippen molar-refractivity contribution in [2.24, 2.45) is 0 Å². The molecule has 0 amide bonds. The smallest absolute Gasteiger partial charge is 0.0733 e. The molecule has 1 unspecified atom stereocenters. The predicted molar refractivity (Wildman–Crippen MR) is 80.2 cm³/mol. The van der Waals surface area contributed by atoms with Crippen LogP contribution in [0.25, 0.3) is 0 Å². The number of rotatable bonds is 6. The molecule has 0 aliphatic carbocycles. The molecule has 0 fully saturated rings. The van der Waals surface area contributed by atoms with Gasteiger partial charge in [-0.25, -0.2) is 0 Å². The Bertz CT molecular complexity index is 575. The van der Waals surface area contributed by atoms with Crippen molar-refractivity contribution >= 4 is 5.69 Å². The van der Waals surface area contributed by atoms with E-state index in [4.69, 9.17) is 10.00 Å². The summed E-state index contributed by atoms with van der Waals surface area (Å²) in [6.07, 6.45) is 0.422. The highest BCUT2D eigenvalue weighted by Crippen LogP contribution is 2.25. The molecule has 0 heterocycles. The third-order valence-corrected chi connectivity index (χ3v) is 3.14. The van der Waals surface area contributed by atoms with Gasteiger partial charge in [0.15, 0.2) is 0 Å². The number of benzene rings is 2. The Hall–Kier alpha value is -2.31. The third-order valence-electron chi connectivity index (χ3n) is 3.14. The lowest BCUT2D eigenvalue weighted by Gasteiger charge is -2.20. The number of anilines is 1. The van der Waals surface area contributed by atoms with E-state index in [1.54, 1.807) is 7.11 Å². The normalized spacial score (nSPS) is 11.6. The van der Waals surface area contributed by atoms with Crippen LogP contribution in [0, 0.1) is 11.3 Å². The van der Waals surface area contributed by atoms with Crippen LogP contribution >= 0.6 is 0 Å². The summed E-state index contributed by atoms with van der Waals surface area (Å²) in [4.78, 5) is 0. The van der Waals surface area contributed by atoms with Crippen LogP contribution < -0.4 is 5.32 Å². The maximum absolute atomic E-state index is 9.03. The molecule has 2 rings (SSSR count). The summed E-state index contributed by atoms with van der Waals surface area (Å²) in [6, 6.07) is 20.3. The minimum absolute atomic E-state index is 0.0146. The lowest BCUT2D eigenvalue weighted by atomic mass is 10.0. The molecule has 0 bridgehead atoms. The Kier molecular flexibility index (Phi) is 5.16. The largest absolute Gasteiger partial charge is 0.380 e. The van der Waals surface area contributed by atoms with Crippen LogP contribution in [-0.4, -0.2) is 7.11 Å². The number of para-hydroxylation sites is 1. The molecule has 2 aromatic rings. The fourth-order valence-corrected chi connectivity index (χ4v) is 2.16. The van der Waals surface area contributed by atoms with Crippen LogP contribution in [0.4, 0.5) is 5.69 Å². The van der Waals surface area contributed by atoms with Gasteiger partial charge in [0.25, 0.3) is 0 Å². The molecule has 0 saturated carbocycles. The summed E-state index contributed by atoms with van der Waals surface area (Å²) < 4.78 is 5.21.